The van der Waals surface area contributed by atoms with Crippen LogP contribution in [0.1, 0.15) is 17.0 Å². The first-order chi connectivity index (χ1) is 16.7. The minimum Gasteiger partial charge on any atom is -0.445 e. The maximum Gasteiger partial charge on any atom is 0.408 e. The number of aromatic amines is 1. The summed E-state index contributed by atoms with van der Waals surface area (Å²) >= 11 is 0. The van der Waals surface area contributed by atoms with Gasteiger partial charge in [0.25, 0.3) is 5.91 Å². The number of ether oxygens (including phenoxy) is 2. The van der Waals surface area contributed by atoms with Gasteiger partial charge in [-0.05, 0) is 11.6 Å². The van der Waals surface area contributed by atoms with E-state index < -0.39 is 18.0 Å². The van der Waals surface area contributed by atoms with Crippen LogP contribution in [0.3, 0.4) is 0 Å². The Balaban J connectivity index is 1.32. The van der Waals surface area contributed by atoms with Gasteiger partial charge in [-0.25, -0.2) is 15.2 Å². The summed E-state index contributed by atoms with van der Waals surface area (Å²) in [4.78, 5) is 34.0. The second kappa shape index (κ2) is 11.7. The molecule has 0 bridgehead atoms. The van der Waals surface area contributed by atoms with Gasteiger partial charge in [-0.15, -0.1) is 0 Å². The Morgan fingerprint density at radius 3 is 2.79 bits per heavy atom. The third-order valence-corrected chi connectivity index (χ3v) is 5.10. The zero-order valence-corrected chi connectivity index (χ0v) is 18.5. The monoisotopic (exact) mass is 466 g/mol. The fourth-order valence-electron chi connectivity index (χ4n) is 3.34. The molecule has 3 N–H and O–H groups in total. The molecule has 0 saturated carbocycles. The molecule has 1 saturated heterocycles. The van der Waals surface area contributed by atoms with Crippen LogP contribution in [0, 0.1) is 0 Å². The van der Waals surface area contributed by atoms with E-state index in [1.807, 2.05) is 36.4 Å². The summed E-state index contributed by atoms with van der Waals surface area (Å²) in [6.07, 6.45) is 3.95. The summed E-state index contributed by atoms with van der Waals surface area (Å²) in [6, 6.07) is 12.0. The van der Waals surface area contributed by atoms with Crippen LogP contribution < -0.4 is 15.6 Å². The Bertz CT molecular complexity index is 1080. The first kappa shape index (κ1) is 23.1. The molecule has 1 aliphatic heterocycles. The van der Waals surface area contributed by atoms with Crippen molar-refractivity contribution >= 4 is 24.1 Å². The number of furan rings is 1. The van der Waals surface area contributed by atoms with E-state index in [4.69, 9.17) is 13.9 Å². The van der Waals surface area contributed by atoms with E-state index in [0.29, 0.717) is 24.7 Å². The number of nitrogens with zero attached hydrogens (tertiary/aromatic N) is 3. The summed E-state index contributed by atoms with van der Waals surface area (Å²) in [5.74, 6) is 0.695. The number of carbonyl (C=O) groups is 2. The second-order valence-electron chi connectivity index (χ2n) is 7.55. The van der Waals surface area contributed by atoms with Crippen LogP contribution in [-0.2, 0) is 27.3 Å². The summed E-state index contributed by atoms with van der Waals surface area (Å²) in [5.41, 5.74) is 3.96. The molecule has 4 rings (SSSR count). The van der Waals surface area contributed by atoms with E-state index in [-0.39, 0.29) is 13.0 Å². The molecule has 3 heterocycles. The smallest absolute Gasteiger partial charge is 0.408 e. The van der Waals surface area contributed by atoms with E-state index in [1.54, 1.807) is 12.3 Å². The lowest BCUT2D eigenvalue weighted by Gasteiger charge is -2.26. The second-order valence-corrected chi connectivity index (χ2v) is 7.55. The number of H-pyrrole nitrogens is 1. The number of morpholine rings is 1. The van der Waals surface area contributed by atoms with Crippen molar-refractivity contribution in [1.29, 1.82) is 0 Å². The third kappa shape index (κ3) is 6.69. The van der Waals surface area contributed by atoms with Crippen LogP contribution in [0.15, 0.2) is 64.5 Å². The number of alkyl carbamates (subject to hydrolysis) is 1. The van der Waals surface area contributed by atoms with Gasteiger partial charge in [-0.2, -0.15) is 5.10 Å². The molecule has 11 heteroatoms. The van der Waals surface area contributed by atoms with Crippen molar-refractivity contribution in [3.63, 3.8) is 0 Å². The average molecular weight is 466 g/mol. The number of hydrogen-bond donors (Lipinski definition) is 3. The summed E-state index contributed by atoms with van der Waals surface area (Å²) in [5, 5.41) is 6.56. The van der Waals surface area contributed by atoms with E-state index in [1.165, 1.54) is 12.5 Å². The van der Waals surface area contributed by atoms with Crippen molar-refractivity contribution < 1.29 is 23.5 Å². The van der Waals surface area contributed by atoms with Crippen LogP contribution in [0.5, 0.6) is 0 Å². The van der Waals surface area contributed by atoms with E-state index in [2.05, 4.69) is 30.7 Å². The highest BCUT2D eigenvalue weighted by molar-refractivity contribution is 5.87. The van der Waals surface area contributed by atoms with Gasteiger partial charge in [0.05, 0.1) is 25.8 Å². The lowest BCUT2D eigenvalue weighted by molar-refractivity contribution is -0.123. The first-order valence-corrected chi connectivity index (χ1v) is 10.9. The van der Waals surface area contributed by atoms with Gasteiger partial charge in [0.15, 0.2) is 5.88 Å². The highest BCUT2D eigenvalue weighted by Gasteiger charge is 2.22. The molecular formula is C23H26N6O5. The molecule has 0 aliphatic carbocycles. The number of anilines is 1. The van der Waals surface area contributed by atoms with Crippen molar-refractivity contribution in [2.75, 3.05) is 31.2 Å². The molecule has 0 radical (unpaired) electrons. The van der Waals surface area contributed by atoms with Gasteiger partial charge in [0, 0.05) is 37.5 Å². The molecule has 2 amide bonds. The van der Waals surface area contributed by atoms with Gasteiger partial charge in [-0.1, -0.05) is 30.3 Å². The number of hydrazone groups is 1. The van der Waals surface area contributed by atoms with Gasteiger partial charge < -0.3 is 29.1 Å². The number of amides is 2. The highest BCUT2D eigenvalue weighted by atomic mass is 16.5. The third-order valence-electron chi connectivity index (χ3n) is 5.10. The molecule has 3 aromatic rings. The average Bonchev–Trinajstić information content (AvgIpc) is 3.56. The van der Waals surface area contributed by atoms with E-state index in [0.717, 1.165) is 24.5 Å². The topological polar surface area (TPSA) is 134 Å². The van der Waals surface area contributed by atoms with E-state index in [9.17, 15) is 9.59 Å². The minimum absolute atomic E-state index is 0.0905. The Morgan fingerprint density at radius 1 is 1.21 bits per heavy atom. The predicted molar refractivity (Wildman–Crippen MR) is 123 cm³/mol. The molecule has 2 aromatic heterocycles. The van der Waals surface area contributed by atoms with Crippen molar-refractivity contribution in [2.45, 2.75) is 19.1 Å². The fraction of sp³-hybridized carbons (Fsp3) is 0.304. The zero-order valence-electron chi connectivity index (χ0n) is 18.5. The van der Waals surface area contributed by atoms with Crippen molar-refractivity contribution in [1.82, 2.24) is 20.7 Å². The number of hydrogen-bond acceptors (Lipinski definition) is 8. The molecule has 34 heavy (non-hydrogen) atoms. The normalized spacial score (nSPS) is 14.6. The Morgan fingerprint density at radius 2 is 2.03 bits per heavy atom. The Labute approximate surface area is 196 Å². The number of aromatic nitrogens is 2. The van der Waals surface area contributed by atoms with Crippen LogP contribution >= 0.6 is 0 Å². The first-order valence-electron chi connectivity index (χ1n) is 10.9. The predicted octanol–water partition coefficient (Wildman–Crippen LogP) is 1.83. The van der Waals surface area contributed by atoms with Crippen LogP contribution in [0.2, 0.25) is 0 Å². The molecular weight excluding hydrogens is 440 g/mol. The van der Waals surface area contributed by atoms with Gasteiger partial charge in [0.2, 0.25) is 0 Å². The van der Waals surface area contributed by atoms with Gasteiger partial charge in [0.1, 0.15) is 18.4 Å². The lowest BCUT2D eigenvalue weighted by Crippen LogP contribution is -2.47. The summed E-state index contributed by atoms with van der Waals surface area (Å²) < 4.78 is 16.3. The van der Waals surface area contributed by atoms with Crippen molar-refractivity contribution in [3.8, 4) is 0 Å². The van der Waals surface area contributed by atoms with Crippen molar-refractivity contribution in [2.24, 2.45) is 5.10 Å². The number of imidazole rings is 1. The molecule has 178 valence electrons. The number of nitrogens with one attached hydrogen (secondary N) is 3. The summed E-state index contributed by atoms with van der Waals surface area (Å²) in [6.45, 7) is 2.90. The number of benzene rings is 1. The van der Waals surface area contributed by atoms with Gasteiger partial charge >= 0.3 is 6.09 Å². The maximum atomic E-state index is 12.7. The standard InChI is InChI=1S/C23H26N6O5/c30-22(28-26-14-19-6-7-21(34-19)29-8-10-32-11-9-29)20(12-18-13-24-16-25-18)27-23(31)33-15-17-4-2-1-3-5-17/h1-7,13-14,16,20H,8-12,15H2,(H,24,25)(H,27,31)(H,28,30)/b26-14-/t20-/m0/s1. The molecule has 1 aliphatic rings. The SMILES string of the molecule is O=C(N[C@@H](Cc1cnc[nH]1)C(=O)N/N=C\c1ccc(N2CCOCC2)o1)OCc1ccccc1. The van der Waals surface area contributed by atoms with Crippen LogP contribution in [0.25, 0.3) is 0 Å². The largest absolute Gasteiger partial charge is 0.445 e. The van der Waals surface area contributed by atoms with Crippen LogP contribution in [0.4, 0.5) is 10.7 Å². The van der Waals surface area contributed by atoms with Gasteiger partial charge in [-0.3, -0.25) is 4.79 Å². The maximum absolute atomic E-state index is 12.7. The fourth-order valence-corrected chi connectivity index (χ4v) is 3.34. The van der Waals surface area contributed by atoms with Crippen molar-refractivity contribution in [3.05, 3.63) is 72.0 Å². The zero-order chi connectivity index (χ0) is 23.6. The lowest BCUT2D eigenvalue weighted by atomic mass is 10.1. The number of rotatable bonds is 9. The highest BCUT2D eigenvalue weighted by Crippen LogP contribution is 2.18. The molecule has 1 aromatic carbocycles. The molecule has 11 nitrogen and oxygen atoms in total. The molecule has 0 spiro atoms. The Kier molecular flexibility index (Phi) is 7.90. The van der Waals surface area contributed by atoms with Crippen LogP contribution in [-0.4, -0.2) is 60.5 Å². The Hall–Kier alpha value is -4.12. The minimum atomic E-state index is -0.929. The molecule has 0 unspecified atom stereocenters. The van der Waals surface area contributed by atoms with E-state index >= 15 is 0 Å². The molecule has 1 atom stereocenters. The quantitative estimate of drug-likeness (QED) is 0.323. The number of carbonyl (C=O) groups excluding carboxylic acids is 2. The summed E-state index contributed by atoms with van der Waals surface area (Å²) in [7, 11) is 0. The molecule has 1 fully saturated rings.